The monoisotopic (exact) mass is 282 g/mol. The van der Waals surface area contributed by atoms with Crippen LogP contribution in [0, 0.1) is 13.8 Å². The van der Waals surface area contributed by atoms with Crippen molar-refractivity contribution in [3.05, 3.63) is 23.4 Å². The number of aryl methyl sites for hydroxylation is 2. The molecule has 0 fully saturated rings. The summed E-state index contributed by atoms with van der Waals surface area (Å²) in [6.07, 6.45) is 0. The number of carbonyl (C=O) groups is 1. The summed E-state index contributed by atoms with van der Waals surface area (Å²) >= 11 is 1.38. The third-order valence-electron chi connectivity index (χ3n) is 2.47. The summed E-state index contributed by atoms with van der Waals surface area (Å²) in [6, 6.07) is 3.91. The van der Waals surface area contributed by atoms with Crippen LogP contribution >= 0.6 is 11.9 Å². The number of hydrogen-bond donors (Lipinski definition) is 1. The normalized spacial score (nSPS) is 10.6. The smallest absolute Gasteiger partial charge is 0.327 e. The molecule has 5 nitrogen and oxygen atoms in total. The maximum atomic E-state index is 11.8. The number of nitrogens with zero attached hydrogens (tertiary/aromatic N) is 3. The number of likely N-dealkylation sites (N-methyl/N-ethyl adjacent to an activating group) is 1. The zero-order valence-corrected chi connectivity index (χ0v) is 13.0. The third kappa shape index (κ3) is 5.48. The van der Waals surface area contributed by atoms with E-state index in [0.29, 0.717) is 6.54 Å². The van der Waals surface area contributed by atoms with E-state index >= 15 is 0 Å². The van der Waals surface area contributed by atoms with Gasteiger partial charge in [0.2, 0.25) is 0 Å². The fraction of sp³-hybridized carbons (Fsp3) is 0.538. The Labute approximate surface area is 119 Å². The van der Waals surface area contributed by atoms with E-state index in [9.17, 15) is 4.79 Å². The lowest BCUT2D eigenvalue weighted by molar-refractivity contribution is 0.225. The van der Waals surface area contributed by atoms with Crippen LogP contribution in [-0.4, -0.2) is 54.5 Å². The first-order valence-electron chi connectivity index (χ1n) is 6.19. The van der Waals surface area contributed by atoms with Gasteiger partial charge in [0.25, 0.3) is 0 Å². The van der Waals surface area contributed by atoms with E-state index in [-0.39, 0.29) is 6.03 Å². The topological polar surface area (TPSA) is 48.5 Å². The summed E-state index contributed by atoms with van der Waals surface area (Å²) < 4.78 is 1.70. The molecular formula is C13H22N4OS. The van der Waals surface area contributed by atoms with Gasteiger partial charge in [0.1, 0.15) is 5.03 Å². The maximum Gasteiger partial charge on any atom is 0.327 e. The van der Waals surface area contributed by atoms with E-state index in [1.54, 1.807) is 11.4 Å². The number of pyridine rings is 1. The molecule has 1 aromatic heterocycles. The van der Waals surface area contributed by atoms with Crippen molar-refractivity contribution in [3.63, 3.8) is 0 Å². The van der Waals surface area contributed by atoms with Crippen molar-refractivity contribution < 1.29 is 4.79 Å². The second-order valence-corrected chi connectivity index (χ2v) is 5.72. The molecule has 1 N–H and O–H groups in total. The minimum absolute atomic E-state index is 0.104. The quantitative estimate of drug-likeness (QED) is 0.838. The fourth-order valence-electron chi connectivity index (χ4n) is 1.57. The second-order valence-electron chi connectivity index (χ2n) is 4.68. The summed E-state index contributed by atoms with van der Waals surface area (Å²) in [5, 5.41) is 3.51. The van der Waals surface area contributed by atoms with E-state index < -0.39 is 0 Å². The van der Waals surface area contributed by atoms with Gasteiger partial charge < -0.3 is 10.2 Å². The Balaban J connectivity index is 2.78. The van der Waals surface area contributed by atoms with Crippen LogP contribution in [0.15, 0.2) is 17.2 Å². The minimum atomic E-state index is -0.104. The number of carbonyl (C=O) groups excluding carboxylic acids is 1. The Morgan fingerprint density at radius 1 is 1.32 bits per heavy atom. The fourth-order valence-corrected chi connectivity index (χ4v) is 2.56. The number of rotatable bonds is 5. The molecule has 0 atom stereocenters. The summed E-state index contributed by atoms with van der Waals surface area (Å²) in [5.74, 6) is 0. The molecule has 0 radical (unpaired) electrons. The van der Waals surface area contributed by atoms with Gasteiger partial charge in [-0.2, -0.15) is 0 Å². The van der Waals surface area contributed by atoms with Crippen LogP contribution < -0.4 is 5.32 Å². The molecule has 0 saturated heterocycles. The van der Waals surface area contributed by atoms with Crippen LogP contribution in [0.3, 0.4) is 0 Å². The van der Waals surface area contributed by atoms with E-state index in [2.05, 4.69) is 10.3 Å². The van der Waals surface area contributed by atoms with Crippen molar-refractivity contribution in [1.29, 1.82) is 0 Å². The van der Waals surface area contributed by atoms with Crippen LogP contribution in [0.25, 0.3) is 0 Å². The van der Waals surface area contributed by atoms with Crippen LogP contribution in [0.1, 0.15) is 11.3 Å². The van der Waals surface area contributed by atoms with Gasteiger partial charge in [-0.15, -0.1) is 0 Å². The lowest BCUT2D eigenvalue weighted by atomic mass is 10.3. The third-order valence-corrected chi connectivity index (χ3v) is 3.43. The zero-order valence-electron chi connectivity index (χ0n) is 12.2. The minimum Gasteiger partial charge on any atom is -0.340 e. The molecule has 2 amide bonds. The molecule has 6 heteroatoms. The molecule has 106 valence electrons. The predicted molar refractivity (Wildman–Crippen MR) is 79.3 cm³/mol. The van der Waals surface area contributed by atoms with Crippen LogP contribution in [0.4, 0.5) is 4.79 Å². The maximum absolute atomic E-state index is 11.8. The van der Waals surface area contributed by atoms with Gasteiger partial charge in [-0.25, -0.2) is 9.78 Å². The molecule has 1 heterocycles. The Bertz CT molecular complexity index is 416. The lowest BCUT2D eigenvalue weighted by Gasteiger charge is -2.22. The van der Waals surface area contributed by atoms with Crippen molar-refractivity contribution in [2.45, 2.75) is 18.9 Å². The highest BCUT2D eigenvalue weighted by Crippen LogP contribution is 2.22. The van der Waals surface area contributed by atoms with Gasteiger partial charge in [0.05, 0.1) is 0 Å². The first kappa shape index (κ1) is 15.8. The van der Waals surface area contributed by atoms with Gasteiger partial charge in [-0.05, 0) is 45.6 Å². The molecule has 0 spiro atoms. The van der Waals surface area contributed by atoms with Gasteiger partial charge in [-0.3, -0.25) is 4.31 Å². The molecule has 0 aliphatic rings. The first-order chi connectivity index (χ1) is 8.92. The molecule has 0 aliphatic heterocycles. The summed E-state index contributed by atoms with van der Waals surface area (Å²) in [5.41, 5.74) is 2.12. The molecular weight excluding hydrogens is 260 g/mol. The van der Waals surface area contributed by atoms with E-state index in [0.717, 1.165) is 22.8 Å². The van der Waals surface area contributed by atoms with Crippen LogP contribution in [0.2, 0.25) is 0 Å². The highest BCUT2D eigenvalue weighted by Gasteiger charge is 2.15. The second kappa shape index (κ2) is 7.35. The van der Waals surface area contributed by atoms with Crippen LogP contribution in [-0.2, 0) is 0 Å². The molecule has 1 rings (SSSR count). The molecule has 0 bridgehead atoms. The Kier molecular flexibility index (Phi) is 6.11. The van der Waals surface area contributed by atoms with Crippen molar-refractivity contribution in [2.75, 3.05) is 34.2 Å². The predicted octanol–water partition coefficient (Wildman–Crippen LogP) is 1.91. The number of amides is 2. The summed E-state index contributed by atoms with van der Waals surface area (Å²) in [7, 11) is 5.62. The summed E-state index contributed by atoms with van der Waals surface area (Å²) in [6.45, 7) is 5.45. The molecule has 19 heavy (non-hydrogen) atoms. The average molecular weight is 282 g/mol. The number of nitrogens with one attached hydrogen (secondary N) is 1. The van der Waals surface area contributed by atoms with E-state index in [1.807, 2.05) is 45.0 Å². The van der Waals surface area contributed by atoms with Gasteiger partial charge in [0.15, 0.2) is 0 Å². The van der Waals surface area contributed by atoms with Gasteiger partial charge in [-0.1, -0.05) is 0 Å². The van der Waals surface area contributed by atoms with Gasteiger partial charge >= 0.3 is 6.03 Å². The molecule has 0 aliphatic carbocycles. The van der Waals surface area contributed by atoms with Crippen LogP contribution in [0.5, 0.6) is 0 Å². The summed E-state index contributed by atoms with van der Waals surface area (Å²) in [4.78, 5) is 18.3. The molecule has 0 aromatic carbocycles. The van der Waals surface area contributed by atoms with Crippen molar-refractivity contribution in [1.82, 2.24) is 19.5 Å². The standard InChI is InChI=1S/C13H22N4OS/c1-10-8-11(2)15-12(9-10)19-17(13(18)14-3)7-6-16(4)5/h8-9H,6-7H2,1-5H3,(H,14,18). The molecule has 0 unspecified atom stereocenters. The van der Waals surface area contributed by atoms with E-state index in [1.165, 1.54) is 11.9 Å². The van der Waals surface area contributed by atoms with Crippen molar-refractivity contribution in [2.24, 2.45) is 0 Å². The first-order valence-corrected chi connectivity index (χ1v) is 6.97. The zero-order chi connectivity index (χ0) is 14.4. The molecule has 0 saturated carbocycles. The largest absolute Gasteiger partial charge is 0.340 e. The SMILES string of the molecule is CNC(=O)N(CCN(C)C)Sc1cc(C)cc(C)n1. The Morgan fingerprint density at radius 2 is 2.00 bits per heavy atom. The molecule has 1 aromatic rings. The van der Waals surface area contributed by atoms with E-state index in [4.69, 9.17) is 0 Å². The number of urea groups is 1. The lowest BCUT2D eigenvalue weighted by Crippen LogP contribution is -2.37. The van der Waals surface area contributed by atoms with Gasteiger partial charge in [0, 0.05) is 37.8 Å². The number of hydrogen-bond acceptors (Lipinski definition) is 4. The average Bonchev–Trinajstić information content (AvgIpc) is 2.32. The van der Waals surface area contributed by atoms with Crippen molar-refractivity contribution in [3.8, 4) is 0 Å². The Morgan fingerprint density at radius 3 is 2.53 bits per heavy atom. The Hall–Kier alpha value is -1.27. The van der Waals surface area contributed by atoms with Crippen molar-refractivity contribution >= 4 is 18.0 Å². The number of aromatic nitrogens is 1. The highest BCUT2D eigenvalue weighted by atomic mass is 32.2. The highest BCUT2D eigenvalue weighted by molar-refractivity contribution is 7.97.